The number of pyridine rings is 1. The number of anilines is 1. The second-order valence-corrected chi connectivity index (χ2v) is 4.69. The number of nitrogens with zero attached hydrogens (tertiary/aromatic N) is 1. The molecule has 1 fully saturated rings. The fourth-order valence-electron chi connectivity index (χ4n) is 1.19. The van der Waals surface area contributed by atoms with Crippen LogP contribution in [0.1, 0.15) is 18.5 Å². The minimum atomic E-state index is 0.109. The lowest BCUT2D eigenvalue weighted by Crippen LogP contribution is -2.14. The summed E-state index contributed by atoms with van der Waals surface area (Å²) in [4.78, 5) is 15.7. The smallest absolute Gasteiger partial charge is 0.228 e. The molecule has 1 N–H and O–H groups in total. The third-order valence-corrected chi connectivity index (χ3v) is 3.36. The Morgan fingerprint density at radius 1 is 1.57 bits per heavy atom. The molecule has 0 saturated heterocycles. The molecule has 4 heteroatoms. The maximum atomic E-state index is 11.4. The number of amides is 1. The zero-order chi connectivity index (χ0) is 10.1. The Kier molecular flexibility index (Phi) is 2.71. The second-order valence-electron chi connectivity index (χ2n) is 3.53. The molecule has 1 aliphatic carbocycles. The Bertz CT molecular complexity index is 374. The summed E-state index contributed by atoms with van der Waals surface area (Å²) in [5, 5.41) is 2.82. The molecule has 0 radical (unpaired) electrons. The number of rotatable bonds is 2. The van der Waals surface area contributed by atoms with E-state index < -0.39 is 0 Å². The number of halogens is 1. The van der Waals surface area contributed by atoms with Gasteiger partial charge in [-0.05, 0) is 54.5 Å². The van der Waals surface area contributed by atoms with Gasteiger partial charge < -0.3 is 5.32 Å². The van der Waals surface area contributed by atoms with Gasteiger partial charge in [-0.15, -0.1) is 0 Å². The first-order valence-corrected chi connectivity index (χ1v) is 5.68. The molecule has 0 bridgehead atoms. The molecule has 1 amide bonds. The van der Waals surface area contributed by atoms with E-state index in [1.54, 1.807) is 0 Å². The van der Waals surface area contributed by atoms with Crippen LogP contribution in [0.15, 0.2) is 12.1 Å². The van der Waals surface area contributed by atoms with Gasteiger partial charge in [-0.3, -0.25) is 4.79 Å². The molecule has 14 heavy (non-hydrogen) atoms. The minimum absolute atomic E-state index is 0.109. The maximum Gasteiger partial charge on any atom is 0.228 e. The molecule has 2 rings (SSSR count). The number of nitrogens with one attached hydrogen (secondary N) is 1. The quantitative estimate of drug-likeness (QED) is 0.852. The van der Waals surface area contributed by atoms with Crippen LogP contribution in [0.4, 0.5) is 5.82 Å². The van der Waals surface area contributed by atoms with Crippen LogP contribution in [0.5, 0.6) is 0 Å². The molecular formula is C10H11IN2O. The zero-order valence-corrected chi connectivity index (χ0v) is 10.0. The second kappa shape index (κ2) is 3.84. The lowest BCUT2D eigenvalue weighted by Gasteiger charge is -2.04. The summed E-state index contributed by atoms with van der Waals surface area (Å²) >= 11 is 2.23. The van der Waals surface area contributed by atoms with E-state index in [1.165, 1.54) is 0 Å². The first-order chi connectivity index (χ1) is 6.66. The number of carbonyl (C=O) groups is 1. The van der Waals surface area contributed by atoms with Gasteiger partial charge >= 0.3 is 0 Å². The Morgan fingerprint density at radius 3 is 2.86 bits per heavy atom. The van der Waals surface area contributed by atoms with Gasteiger partial charge in [-0.2, -0.15) is 0 Å². The van der Waals surface area contributed by atoms with Gasteiger partial charge in [-0.1, -0.05) is 0 Å². The highest BCUT2D eigenvalue weighted by Crippen LogP contribution is 2.30. The largest absolute Gasteiger partial charge is 0.310 e. The molecule has 1 aromatic rings. The van der Waals surface area contributed by atoms with Crippen LogP contribution in [0.2, 0.25) is 0 Å². The molecule has 74 valence electrons. The van der Waals surface area contributed by atoms with Crippen LogP contribution in [0, 0.1) is 16.4 Å². The Balaban J connectivity index is 2.08. The van der Waals surface area contributed by atoms with Gasteiger partial charge in [0.15, 0.2) is 0 Å². The molecule has 0 aromatic carbocycles. The van der Waals surface area contributed by atoms with Crippen LogP contribution in [-0.2, 0) is 4.79 Å². The molecule has 1 aromatic heterocycles. The van der Waals surface area contributed by atoms with E-state index in [0.29, 0.717) is 5.82 Å². The highest BCUT2D eigenvalue weighted by molar-refractivity contribution is 14.1. The van der Waals surface area contributed by atoms with Crippen molar-refractivity contribution in [2.75, 3.05) is 5.32 Å². The normalized spacial score (nSPS) is 15.3. The molecule has 0 unspecified atom stereocenters. The van der Waals surface area contributed by atoms with E-state index in [9.17, 15) is 4.79 Å². The number of aromatic nitrogens is 1. The van der Waals surface area contributed by atoms with E-state index >= 15 is 0 Å². The molecule has 0 aliphatic heterocycles. The van der Waals surface area contributed by atoms with Gasteiger partial charge in [0, 0.05) is 9.49 Å². The number of aryl methyl sites for hydroxylation is 1. The average molecular weight is 302 g/mol. The summed E-state index contributed by atoms with van der Waals surface area (Å²) in [5.41, 5.74) is 0.958. The Morgan fingerprint density at radius 2 is 2.29 bits per heavy atom. The molecule has 1 heterocycles. The Labute approximate surface area is 96.4 Å². The average Bonchev–Trinajstić information content (AvgIpc) is 2.94. The van der Waals surface area contributed by atoms with Crippen molar-refractivity contribution in [1.29, 1.82) is 0 Å². The van der Waals surface area contributed by atoms with Gasteiger partial charge in [0.05, 0.1) is 5.69 Å². The predicted molar refractivity (Wildman–Crippen MR) is 63.0 cm³/mol. The van der Waals surface area contributed by atoms with E-state index in [4.69, 9.17) is 0 Å². The lowest BCUT2D eigenvalue weighted by atomic mass is 10.3. The van der Waals surface area contributed by atoms with Crippen molar-refractivity contribution in [2.24, 2.45) is 5.92 Å². The third kappa shape index (κ3) is 2.23. The van der Waals surface area contributed by atoms with Crippen LogP contribution >= 0.6 is 22.6 Å². The van der Waals surface area contributed by atoms with Crippen molar-refractivity contribution < 1.29 is 4.79 Å². The van der Waals surface area contributed by atoms with E-state index in [0.717, 1.165) is 22.1 Å². The fourth-order valence-corrected chi connectivity index (χ4v) is 1.49. The van der Waals surface area contributed by atoms with Crippen molar-refractivity contribution in [2.45, 2.75) is 19.8 Å². The summed E-state index contributed by atoms with van der Waals surface area (Å²) in [6.07, 6.45) is 2.05. The van der Waals surface area contributed by atoms with E-state index in [1.807, 2.05) is 19.1 Å². The molecule has 0 atom stereocenters. The van der Waals surface area contributed by atoms with Crippen LogP contribution < -0.4 is 5.32 Å². The summed E-state index contributed by atoms with van der Waals surface area (Å²) in [6.45, 7) is 1.94. The van der Waals surface area contributed by atoms with Crippen LogP contribution in [0.25, 0.3) is 0 Å². The van der Waals surface area contributed by atoms with Crippen LogP contribution in [0.3, 0.4) is 0 Å². The lowest BCUT2D eigenvalue weighted by molar-refractivity contribution is -0.117. The molecule has 1 saturated carbocycles. The van der Waals surface area contributed by atoms with Gasteiger partial charge in [0.25, 0.3) is 0 Å². The van der Waals surface area contributed by atoms with Crippen molar-refractivity contribution in [1.82, 2.24) is 4.98 Å². The fraction of sp³-hybridized carbons (Fsp3) is 0.400. The molecule has 3 nitrogen and oxygen atoms in total. The van der Waals surface area contributed by atoms with Crippen molar-refractivity contribution in [3.8, 4) is 0 Å². The number of hydrogen-bond acceptors (Lipinski definition) is 2. The van der Waals surface area contributed by atoms with Gasteiger partial charge in [-0.25, -0.2) is 4.98 Å². The monoisotopic (exact) mass is 302 g/mol. The predicted octanol–water partition coefficient (Wildman–Crippen LogP) is 2.34. The zero-order valence-electron chi connectivity index (χ0n) is 7.88. The number of hydrogen-bond donors (Lipinski definition) is 1. The highest BCUT2D eigenvalue weighted by atomic mass is 127. The van der Waals surface area contributed by atoms with Crippen molar-refractivity contribution >= 4 is 34.3 Å². The first-order valence-electron chi connectivity index (χ1n) is 4.61. The summed E-state index contributed by atoms with van der Waals surface area (Å²) in [5.74, 6) is 1.01. The van der Waals surface area contributed by atoms with Gasteiger partial charge in [0.1, 0.15) is 5.82 Å². The third-order valence-electron chi connectivity index (χ3n) is 2.22. The molecule has 0 spiro atoms. The number of carbonyl (C=O) groups excluding carboxylic acids is 1. The SMILES string of the molecule is Cc1nc(NC(=O)C2CC2)ccc1I. The van der Waals surface area contributed by atoms with E-state index in [-0.39, 0.29) is 11.8 Å². The minimum Gasteiger partial charge on any atom is -0.310 e. The van der Waals surface area contributed by atoms with E-state index in [2.05, 4.69) is 32.9 Å². The molecule has 1 aliphatic rings. The topological polar surface area (TPSA) is 42.0 Å². The maximum absolute atomic E-state index is 11.4. The van der Waals surface area contributed by atoms with Crippen molar-refractivity contribution in [3.05, 3.63) is 21.4 Å². The van der Waals surface area contributed by atoms with Crippen molar-refractivity contribution in [3.63, 3.8) is 0 Å². The Hall–Kier alpha value is -0.650. The summed E-state index contributed by atoms with van der Waals surface area (Å²) in [6, 6.07) is 3.81. The summed E-state index contributed by atoms with van der Waals surface area (Å²) in [7, 11) is 0. The highest BCUT2D eigenvalue weighted by Gasteiger charge is 2.29. The summed E-state index contributed by atoms with van der Waals surface area (Å²) < 4.78 is 1.12. The van der Waals surface area contributed by atoms with Crippen LogP contribution in [-0.4, -0.2) is 10.9 Å². The van der Waals surface area contributed by atoms with Gasteiger partial charge in [0.2, 0.25) is 5.91 Å². The first kappa shape index (κ1) is 9.89. The standard InChI is InChI=1S/C10H11IN2O/c1-6-8(11)4-5-9(12-6)13-10(14)7-2-3-7/h4-5,7H,2-3H2,1H3,(H,12,13,14). The molecular weight excluding hydrogens is 291 g/mol.